The van der Waals surface area contributed by atoms with Gasteiger partial charge in [-0.25, -0.2) is 4.79 Å². The first kappa shape index (κ1) is 18.0. The summed E-state index contributed by atoms with van der Waals surface area (Å²) < 4.78 is 6.87. The van der Waals surface area contributed by atoms with Crippen LogP contribution in [0.3, 0.4) is 0 Å². The smallest absolute Gasteiger partial charge is 0.338 e. The maximum atomic E-state index is 12.0. The van der Waals surface area contributed by atoms with E-state index in [2.05, 4.69) is 5.32 Å². The summed E-state index contributed by atoms with van der Waals surface area (Å²) in [5.74, 6) is -0.764. The minimum atomic E-state index is -0.383. The molecule has 3 rings (SSSR count). The fourth-order valence-electron chi connectivity index (χ4n) is 3.06. The van der Waals surface area contributed by atoms with Crippen LogP contribution in [0.25, 0.3) is 11.8 Å². The van der Waals surface area contributed by atoms with Crippen LogP contribution < -0.4 is 5.32 Å². The summed E-state index contributed by atoms with van der Waals surface area (Å²) in [5.41, 5.74) is 4.89. The molecule has 2 aromatic rings. The van der Waals surface area contributed by atoms with Crippen LogP contribution in [-0.4, -0.2) is 28.8 Å². The molecule has 1 aliphatic heterocycles. The Labute approximate surface area is 155 Å². The molecule has 0 aliphatic carbocycles. The van der Waals surface area contributed by atoms with Gasteiger partial charge in [0.15, 0.2) is 0 Å². The van der Waals surface area contributed by atoms with Crippen LogP contribution >= 0.6 is 11.8 Å². The van der Waals surface area contributed by atoms with E-state index in [0.29, 0.717) is 10.5 Å². The number of hydrogen-bond acceptors (Lipinski definition) is 5. The lowest BCUT2D eigenvalue weighted by Crippen LogP contribution is -2.17. The van der Waals surface area contributed by atoms with E-state index in [1.807, 2.05) is 43.5 Å². The molecule has 1 aliphatic rings. The van der Waals surface area contributed by atoms with Crippen molar-refractivity contribution in [1.82, 2.24) is 9.88 Å². The predicted octanol–water partition coefficient (Wildman–Crippen LogP) is 3.51. The van der Waals surface area contributed by atoms with Gasteiger partial charge in [-0.2, -0.15) is 0 Å². The number of esters is 1. The lowest BCUT2D eigenvalue weighted by atomic mass is 10.1. The largest absolute Gasteiger partial charge is 0.465 e. The van der Waals surface area contributed by atoms with Gasteiger partial charge in [0.1, 0.15) is 0 Å². The van der Waals surface area contributed by atoms with Crippen molar-refractivity contribution in [2.45, 2.75) is 20.8 Å². The average Bonchev–Trinajstić information content (AvgIpc) is 3.06. The maximum absolute atomic E-state index is 12.0. The van der Waals surface area contributed by atoms with Gasteiger partial charge in [0.2, 0.25) is 0 Å². The molecule has 1 saturated heterocycles. The zero-order valence-electron chi connectivity index (χ0n) is 14.9. The molecule has 7 heteroatoms. The van der Waals surface area contributed by atoms with Crippen molar-refractivity contribution in [3.8, 4) is 5.69 Å². The first-order valence-corrected chi connectivity index (χ1v) is 8.77. The normalized spacial score (nSPS) is 15.5. The standard InChI is InChI=1S/C19H18N2O4S/c1-10-8-13(9-16-17(22)20-19(24)26-16)12(3)21(10)15-7-5-6-14(11(15)2)18(23)25-4/h5-9H,1-4H3,(H,20,22,24). The summed E-state index contributed by atoms with van der Waals surface area (Å²) in [6, 6.07) is 7.42. The van der Waals surface area contributed by atoms with E-state index in [-0.39, 0.29) is 17.1 Å². The van der Waals surface area contributed by atoms with Crippen molar-refractivity contribution in [3.63, 3.8) is 0 Å². The predicted molar refractivity (Wildman–Crippen MR) is 100 cm³/mol. The number of nitrogens with one attached hydrogen (secondary N) is 1. The number of nitrogens with zero attached hydrogens (tertiary/aromatic N) is 1. The van der Waals surface area contributed by atoms with Gasteiger partial charge in [0.25, 0.3) is 11.1 Å². The molecule has 26 heavy (non-hydrogen) atoms. The number of carbonyl (C=O) groups is 3. The van der Waals surface area contributed by atoms with E-state index in [9.17, 15) is 14.4 Å². The van der Waals surface area contributed by atoms with Gasteiger partial charge < -0.3 is 9.30 Å². The van der Waals surface area contributed by atoms with E-state index in [1.165, 1.54) is 7.11 Å². The van der Waals surface area contributed by atoms with Crippen LogP contribution in [0.5, 0.6) is 0 Å². The zero-order valence-corrected chi connectivity index (χ0v) is 15.7. The molecule has 6 nitrogen and oxygen atoms in total. The van der Waals surface area contributed by atoms with E-state index in [0.717, 1.165) is 40.0 Å². The molecule has 1 aromatic heterocycles. The van der Waals surface area contributed by atoms with Crippen LogP contribution in [0, 0.1) is 20.8 Å². The second-order valence-electron chi connectivity index (χ2n) is 5.96. The SMILES string of the molecule is COC(=O)c1cccc(-n2c(C)cc(C=C3SC(=O)NC3=O)c2C)c1C. The fraction of sp³-hybridized carbons (Fsp3) is 0.211. The molecule has 2 heterocycles. The van der Waals surface area contributed by atoms with Crippen LogP contribution in [0.1, 0.15) is 32.9 Å². The first-order chi connectivity index (χ1) is 12.3. The number of rotatable bonds is 3. The Bertz CT molecular complexity index is 972. The van der Waals surface area contributed by atoms with E-state index >= 15 is 0 Å². The number of benzene rings is 1. The highest BCUT2D eigenvalue weighted by atomic mass is 32.2. The number of ether oxygens (including phenoxy) is 1. The Morgan fingerprint density at radius 1 is 1.23 bits per heavy atom. The molecule has 0 unspecified atom stereocenters. The summed E-state index contributed by atoms with van der Waals surface area (Å²) in [4.78, 5) is 35.5. The minimum absolute atomic E-state index is 0.364. The molecule has 1 fully saturated rings. The Morgan fingerprint density at radius 3 is 2.58 bits per heavy atom. The zero-order chi connectivity index (χ0) is 19.0. The lowest BCUT2D eigenvalue weighted by Gasteiger charge is -2.15. The minimum Gasteiger partial charge on any atom is -0.465 e. The monoisotopic (exact) mass is 370 g/mol. The third-order valence-electron chi connectivity index (χ3n) is 4.35. The number of hydrogen-bond donors (Lipinski definition) is 1. The second kappa shape index (κ2) is 6.84. The second-order valence-corrected chi connectivity index (χ2v) is 6.97. The van der Waals surface area contributed by atoms with E-state index < -0.39 is 0 Å². The van der Waals surface area contributed by atoms with Gasteiger partial charge >= 0.3 is 5.97 Å². The van der Waals surface area contributed by atoms with Gasteiger partial charge in [-0.1, -0.05) is 6.07 Å². The summed E-state index contributed by atoms with van der Waals surface area (Å²) >= 11 is 0.892. The van der Waals surface area contributed by atoms with Crippen molar-refractivity contribution in [2.24, 2.45) is 0 Å². The van der Waals surface area contributed by atoms with Crippen molar-refractivity contribution in [3.05, 3.63) is 57.2 Å². The van der Waals surface area contributed by atoms with Crippen molar-refractivity contribution < 1.29 is 19.1 Å². The highest BCUT2D eigenvalue weighted by Crippen LogP contribution is 2.30. The number of aryl methyl sites for hydroxylation is 1. The number of aromatic nitrogens is 1. The van der Waals surface area contributed by atoms with Crippen LogP contribution in [0.2, 0.25) is 0 Å². The molecular formula is C19H18N2O4S. The van der Waals surface area contributed by atoms with Gasteiger partial charge in [0, 0.05) is 17.1 Å². The van der Waals surface area contributed by atoms with Gasteiger partial charge in [-0.15, -0.1) is 0 Å². The molecule has 2 amide bonds. The third kappa shape index (κ3) is 3.06. The van der Waals surface area contributed by atoms with Gasteiger partial charge in [-0.05, 0) is 67.9 Å². The van der Waals surface area contributed by atoms with Crippen molar-refractivity contribution in [1.29, 1.82) is 0 Å². The molecule has 1 N–H and O–H groups in total. The molecule has 134 valence electrons. The highest BCUT2D eigenvalue weighted by Gasteiger charge is 2.26. The summed E-state index contributed by atoms with van der Waals surface area (Å²) in [5, 5.41) is 1.89. The van der Waals surface area contributed by atoms with E-state index in [4.69, 9.17) is 4.74 Å². The first-order valence-electron chi connectivity index (χ1n) is 7.95. The molecule has 0 atom stereocenters. The van der Waals surface area contributed by atoms with Crippen molar-refractivity contribution >= 4 is 35.0 Å². The van der Waals surface area contributed by atoms with Crippen molar-refractivity contribution in [2.75, 3.05) is 7.11 Å². The number of amides is 2. The Balaban J connectivity index is 2.10. The molecule has 0 bridgehead atoms. The molecular weight excluding hydrogens is 352 g/mol. The number of methoxy groups -OCH3 is 1. The number of imide groups is 1. The van der Waals surface area contributed by atoms with Crippen LogP contribution in [0.4, 0.5) is 4.79 Å². The average molecular weight is 370 g/mol. The summed E-state index contributed by atoms with van der Waals surface area (Å²) in [6.45, 7) is 5.76. The summed E-state index contributed by atoms with van der Waals surface area (Å²) in [7, 11) is 1.36. The van der Waals surface area contributed by atoms with Gasteiger partial charge in [0.05, 0.1) is 17.6 Å². The lowest BCUT2D eigenvalue weighted by molar-refractivity contribution is -0.115. The maximum Gasteiger partial charge on any atom is 0.338 e. The summed E-state index contributed by atoms with van der Waals surface area (Å²) in [6.07, 6.45) is 1.71. The van der Waals surface area contributed by atoms with E-state index in [1.54, 1.807) is 12.1 Å². The fourth-order valence-corrected chi connectivity index (χ4v) is 3.74. The molecule has 0 radical (unpaired) electrons. The third-order valence-corrected chi connectivity index (χ3v) is 5.16. The molecule has 0 spiro atoms. The van der Waals surface area contributed by atoms with Crippen LogP contribution in [0.15, 0.2) is 29.2 Å². The number of carbonyl (C=O) groups excluding carboxylic acids is 3. The Morgan fingerprint density at radius 2 is 1.96 bits per heavy atom. The van der Waals surface area contributed by atoms with Gasteiger partial charge in [-0.3, -0.25) is 14.9 Å². The highest BCUT2D eigenvalue weighted by molar-refractivity contribution is 8.18. The molecule has 0 saturated carbocycles. The number of thioether (sulfide) groups is 1. The topological polar surface area (TPSA) is 77.4 Å². The molecule has 1 aromatic carbocycles. The Hall–Kier alpha value is -2.80. The Kier molecular flexibility index (Phi) is 4.73. The quantitative estimate of drug-likeness (QED) is 0.661. The van der Waals surface area contributed by atoms with Crippen LogP contribution in [-0.2, 0) is 9.53 Å².